The maximum atomic E-state index is 12.3. The minimum Gasteiger partial charge on any atom is -0.451 e. The molecule has 0 spiro atoms. The monoisotopic (exact) mass is 273 g/mol. The number of amides is 1. The lowest BCUT2D eigenvalue weighted by atomic mass is 10.1. The van der Waals surface area contributed by atoms with E-state index in [1.165, 1.54) is 11.0 Å². The molecule has 1 fully saturated rings. The smallest absolute Gasteiger partial charge is 0.289 e. The van der Waals surface area contributed by atoms with Crippen molar-refractivity contribution in [1.29, 1.82) is 0 Å². The fourth-order valence-corrected chi connectivity index (χ4v) is 2.48. The second kappa shape index (κ2) is 4.45. The van der Waals surface area contributed by atoms with Crippen LogP contribution in [-0.2, 0) is 0 Å². The lowest BCUT2D eigenvalue weighted by Crippen LogP contribution is -2.34. The third-order valence-corrected chi connectivity index (χ3v) is 3.58. The Kier molecular flexibility index (Phi) is 2.87. The first-order valence-electron chi connectivity index (χ1n) is 6.51. The number of likely N-dealkylation sites (tertiary alicyclic amines) is 1. The van der Waals surface area contributed by atoms with Crippen LogP contribution in [0.1, 0.15) is 23.9 Å². The van der Waals surface area contributed by atoms with Crippen molar-refractivity contribution in [2.24, 2.45) is 0 Å². The Morgan fingerprint density at radius 2 is 2.15 bits per heavy atom. The molecule has 0 radical (unpaired) electrons. The zero-order valence-corrected chi connectivity index (χ0v) is 11.1. The topological polar surface area (TPSA) is 70.8 Å². The SMILES string of the molecule is CC1(O)CCN(C(=O)c2cc(=O)c3ccccc3o2)C1. The van der Waals surface area contributed by atoms with Crippen LogP contribution in [0.4, 0.5) is 0 Å². The summed E-state index contributed by atoms with van der Waals surface area (Å²) in [5.74, 6) is -0.336. The van der Waals surface area contributed by atoms with Crippen LogP contribution >= 0.6 is 0 Å². The van der Waals surface area contributed by atoms with E-state index in [2.05, 4.69) is 0 Å². The predicted octanol–water partition coefficient (Wildman–Crippen LogP) is 1.39. The van der Waals surface area contributed by atoms with Gasteiger partial charge in [-0.25, -0.2) is 0 Å². The minimum absolute atomic E-state index is 0.0198. The Morgan fingerprint density at radius 3 is 2.85 bits per heavy atom. The molecule has 20 heavy (non-hydrogen) atoms. The molecule has 1 aromatic carbocycles. The summed E-state index contributed by atoms with van der Waals surface area (Å²) in [6, 6.07) is 8.04. The van der Waals surface area contributed by atoms with Crippen molar-refractivity contribution in [1.82, 2.24) is 4.90 Å². The van der Waals surface area contributed by atoms with Crippen LogP contribution in [0.2, 0.25) is 0 Å². The molecule has 3 rings (SSSR count). The maximum Gasteiger partial charge on any atom is 0.289 e. The first-order valence-corrected chi connectivity index (χ1v) is 6.51. The molecule has 104 valence electrons. The molecule has 1 N–H and O–H groups in total. The lowest BCUT2D eigenvalue weighted by Gasteiger charge is -2.18. The maximum absolute atomic E-state index is 12.3. The summed E-state index contributed by atoms with van der Waals surface area (Å²) in [5.41, 5.74) is -0.706. The molecule has 1 saturated heterocycles. The second-order valence-corrected chi connectivity index (χ2v) is 5.44. The molecule has 1 aliphatic heterocycles. The summed E-state index contributed by atoms with van der Waals surface area (Å²) in [6.07, 6.45) is 0.524. The Hall–Kier alpha value is -2.14. The summed E-state index contributed by atoms with van der Waals surface area (Å²) in [7, 11) is 0. The van der Waals surface area contributed by atoms with Crippen LogP contribution in [0.5, 0.6) is 0 Å². The van der Waals surface area contributed by atoms with Gasteiger partial charge in [0.05, 0.1) is 11.0 Å². The van der Waals surface area contributed by atoms with Crippen molar-refractivity contribution in [3.8, 4) is 0 Å². The third-order valence-electron chi connectivity index (χ3n) is 3.58. The van der Waals surface area contributed by atoms with E-state index < -0.39 is 5.60 Å². The number of aliphatic hydroxyl groups is 1. The fourth-order valence-electron chi connectivity index (χ4n) is 2.48. The van der Waals surface area contributed by atoms with Gasteiger partial charge in [0.25, 0.3) is 5.91 Å². The molecule has 5 heteroatoms. The van der Waals surface area contributed by atoms with Gasteiger partial charge in [0.2, 0.25) is 0 Å². The lowest BCUT2D eigenvalue weighted by molar-refractivity contribution is 0.0555. The van der Waals surface area contributed by atoms with Gasteiger partial charge in [-0.1, -0.05) is 12.1 Å². The Morgan fingerprint density at radius 1 is 1.40 bits per heavy atom. The molecule has 2 aromatic rings. The standard InChI is InChI=1S/C15H15NO4/c1-15(19)6-7-16(9-15)14(18)13-8-11(17)10-4-2-3-5-12(10)20-13/h2-5,8,19H,6-7,9H2,1H3. The number of carbonyl (C=O) groups is 1. The zero-order chi connectivity index (χ0) is 14.3. The number of para-hydroxylation sites is 1. The number of β-amino-alcohol motifs (C(OH)–C–C–N with tert-alkyl or cyclic N) is 1. The van der Waals surface area contributed by atoms with Crippen molar-refractivity contribution < 1.29 is 14.3 Å². The molecule has 1 unspecified atom stereocenters. The summed E-state index contributed by atoms with van der Waals surface area (Å²) in [6.45, 7) is 2.40. The van der Waals surface area contributed by atoms with Crippen LogP contribution in [-0.4, -0.2) is 34.6 Å². The van der Waals surface area contributed by atoms with Gasteiger partial charge in [-0.3, -0.25) is 9.59 Å². The molecule has 0 saturated carbocycles. The van der Waals surface area contributed by atoms with Crippen LogP contribution in [0.25, 0.3) is 11.0 Å². The van der Waals surface area contributed by atoms with Gasteiger partial charge < -0.3 is 14.4 Å². The van der Waals surface area contributed by atoms with Crippen LogP contribution < -0.4 is 5.43 Å². The first-order chi connectivity index (χ1) is 9.46. The highest BCUT2D eigenvalue weighted by Gasteiger charge is 2.35. The largest absolute Gasteiger partial charge is 0.451 e. The van der Waals surface area contributed by atoms with E-state index in [-0.39, 0.29) is 23.6 Å². The molecule has 2 heterocycles. The highest BCUT2D eigenvalue weighted by Crippen LogP contribution is 2.22. The Balaban J connectivity index is 1.99. The molecule has 0 aliphatic carbocycles. The number of benzene rings is 1. The number of rotatable bonds is 1. The van der Waals surface area contributed by atoms with E-state index in [0.717, 1.165) is 0 Å². The van der Waals surface area contributed by atoms with Crippen molar-refractivity contribution in [3.05, 3.63) is 46.3 Å². The average Bonchev–Trinajstić information content (AvgIpc) is 2.78. The Labute approximate surface area is 115 Å². The molecule has 1 amide bonds. The van der Waals surface area contributed by atoms with Gasteiger partial charge in [-0.2, -0.15) is 0 Å². The minimum atomic E-state index is -0.868. The van der Waals surface area contributed by atoms with E-state index >= 15 is 0 Å². The van der Waals surface area contributed by atoms with Crippen molar-refractivity contribution in [2.45, 2.75) is 18.9 Å². The van der Waals surface area contributed by atoms with Gasteiger partial charge in [-0.15, -0.1) is 0 Å². The number of carbonyl (C=O) groups excluding carboxylic acids is 1. The van der Waals surface area contributed by atoms with Crippen molar-refractivity contribution in [3.63, 3.8) is 0 Å². The van der Waals surface area contributed by atoms with Crippen molar-refractivity contribution >= 4 is 16.9 Å². The van der Waals surface area contributed by atoms with Crippen LogP contribution in [0, 0.1) is 0 Å². The molecule has 1 aliphatic rings. The molecule has 5 nitrogen and oxygen atoms in total. The summed E-state index contributed by atoms with van der Waals surface area (Å²) >= 11 is 0. The highest BCUT2D eigenvalue weighted by atomic mass is 16.3. The van der Waals surface area contributed by atoms with E-state index in [1.807, 2.05) is 0 Å². The zero-order valence-electron chi connectivity index (χ0n) is 11.1. The first kappa shape index (κ1) is 12.9. The van der Waals surface area contributed by atoms with Crippen molar-refractivity contribution in [2.75, 3.05) is 13.1 Å². The van der Waals surface area contributed by atoms with E-state index in [4.69, 9.17) is 4.42 Å². The average molecular weight is 273 g/mol. The van der Waals surface area contributed by atoms with Gasteiger partial charge in [0.1, 0.15) is 5.58 Å². The molecule has 1 atom stereocenters. The molecule has 1 aromatic heterocycles. The van der Waals surface area contributed by atoms with Crippen LogP contribution in [0.15, 0.2) is 39.5 Å². The summed E-state index contributed by atoms with van der Waals surface area (Å²) in [5, 5.41) is 10.4. The summed E-state index contributed by atoms with van der Waals surface area (Å²) < 4.78 is 5.51. The van der Waals surface area contributed by atoms with Gasteiger partial charge >= 0.3 is 0 Å². The molecular formula is C15H15NO4. The third kappa shape index (κ3) is 2.20. The van der Waals surface area contributed by atoms with Gasteiger partial charge in [0.15, 0.2) is 11.2 Å². The quantitative estimate of drug-likeness (QED) is 0.852. The summed E-state index contributed by atoms with van der Waals surface area (Å²) in [4.78, 5) is 25.8. The number of nitrogens with zero attached hydrogens (tertiary/aromatic N) is 1. The molecule has 0 bridgehead atoms. The number of hydrogen-bond acceptors (Lipinski definition) is 4. The van der Waals surface area contributed by atoms with Gasteiger partial charge in [0, 0.05) is 19.2 Å². The van der Waals surface area contributed by atoms with E-state index in [1.54, 1.807) is 31.2 Å². The highest BCUT2D eigenvalue weighted by molar-refractivity contribution is 5.93. The van der Waals surface area contributed by atoms with Crippen LogP contribution in [0.3, 0.4) is 0 Å². The van der Waals surface area contributed by atoms with E-state index in [0.29, 0.717) is 23.9 Å². The number of fused-ring (bicyclic) bond motifs is 1. The van der Waals surface area contributed by atoms with E-state index in [9.17, 15) is 14.7 Å². The van der Waals surface area contributed by atoms with Gasteiger partial charge in [-0.05, 0) is 25.5 Å². The number of hydrogen-bond donors (Lipinski definition) is 1. The second-order valence-electron chi connectivity index (χ2n) is 5.44. The molecular weight excluding hydrogens is 258 g/mol. The normalized spacial score (nSPS) is 22.4. The predicted molar refractivity (Wildman–Crippen MR) is 73.6 cm³/mol. The Bertz CT molecular complexity index is 732. The fraction of sp³-hybridized carbons (Fsp3) is 0.333.